The Morgan fingerprint density at radius 2 is 2.36 bits per heavy atom. The lowest BCUT2D eigenvalue weighted by Crippen LogP contribution is -2.24. The minimum atomic E-state index is -0.582. The number of aliphatic imine (C=N–C) groups is 1. The van der Waals surface area contributed by atoms with Gasteiger partial charge in [-0.25, -0.2) is 0 Å². The van der Waals surface area contributed by atoms with Crippen LogP contribution in [0.4, 0.5) is 0 Å². The molecule has 1 aliphatic heterocycles. The Hall–Kier alpha value is -1.75. The number of rotatable bonds is 2. The van der Waals surface area contributed by atoms with Crippen molar-refractivity contribution in [3.05, 3.63) is 45.8 Å². The molecule has 0 bridgehead atoms. The second-order valence-corrected chi connectivity index (χ2v) is 2.90. The maximum atomic E-state index is 10.8. The van der Waals surface area contributed by atoms with Gasteiger partial charge in [0.15, 0.2) is 6.10 Å². The molecule has 0 saturated heterocycles. The van der Waals surface area contributed by atoms with Crippen LogP contribution < -0.4 is 0 Å². The molecular formula is C9H8N2O3. The Morgan fingerprint density at radius 3 is 3.00 bits per heavy atom. The predicted octanol–water partition coefficient (Wildman–Crippen LogP) is 1.07. The fourth-order valence-corrected chi connectivity index (χ4v) is 1.51. The van der Waals surface area contributed by atoms with E-state index in [9.17, 15) is 10.1 Å². The first kappa shape index (κ1) is 8.83. The smallest absolute Gasteiger partial charge is 0.288 e. The van der Waals surface area contributed by atoms with Crippen LogP contribution in [0.15, 0.2) is 40.7 Å². The summed E-state index contributed by atoms with van der Waals surface area (Å²) in [5.41, 5.74) is 1.23. The fraction of sp³-hybridized carbons (Fsp3) is 0.222. The zero-order valence-electron chi connectivity index (χ0n) is 7.51. The van der Waals surface area contributed by atoms with Crippen molar-refractivity contribution in [2.75, 3.05) is 7.11 Å². The molecule has 0 aromatic rings. The molecule has 0 aromatic heterocycles. The van der Waals surface area contributed by atoms with Crippen molar-refractivity contribution in [3.8, 4) is 0 Å². The second-order valence-electron chi connectivity index (χ2n) is 2.90. The van der Waals surface area contributed by atoms with Gasteiger partial charge in [0.05, 0.1) is 16.2 Å². The lowest BCUT2D eigenvalue weighted by atomic mass is 10.00. The summed E-state index contributed by atoms with van der Waals surface area (Å²) in [5, 5.41) is 10.8. The molecule has 0 N–H and O–H groups in total. The standard InChI is InChI=1S/C9H8N2O3/c1-14-8-3-2-7-6(4-5-10-7)9(8)11(12)13/h2-5,8H,1H3/t8-/m0/s1. The van der Waals surface area contributed by atoms with Gasteiger partial charge in [-0.3, -0.25) is 15.1 Å². The Kier molecular flexibility index (Phi) is 2.01. The van der Waals surface area contributed by atoms with Crippen LogP contribution in [-0.4, -0.2) is 23.8 Å². The highest BCUT2D eigenvalue weighted by Gasteiger charge is 2.32. The summed E-state index contributed by atoms with van der Waals surface area (Å²) < 4.78 is 5.00. The molecule has 14 heavy (non-hydrogen) atoms. The van der Waals surface area contributed by atoms with E-state index >= 15 is 0 Å². The van der Waals surface area contributed by atoms with Gasteiger partial charge in [-0.1, -0.05) is 0 Å². The molecule has 0 amide bonds. The second kappa shape index (κ2) is 3.19. The van der Waals surface area contributed by atoms with Crippen molar-refractivity contribution in [2.45, 2.75) is 6.10 Å². The number of fused-ring (bicyclic) bond motifs is 1. The Labute approximate surface area is 80.2 Å². The number of hydrogen-bond donors (Lipinski definition) is 0. The van der Waals surface area contributed by atoms with Crippen molar-refractivity contribution >= 4 is 5.71 Å². The minimum Gasteiger partial charge on any atom is -0.366 e. The molecule has 1 atom stereocenters. The predicted molar refractivity (Wildman–Crippen MR) is 50.5 cm³/mol. The van der Waals surface area contributed by atoms with Crippen molar-refractivity contribution < 1.29 is 9.66 Å². The van der Waals surface area contributed by atoms with Gasteiger partial charge in [-0.2, -0.15) is 0 Å². The molecule has 72 valence electrons. The highest BCUT2D eigenvalue weighted by Crippen LogP contribution is 2.24. The zero-order valence-corrected chi connectivity index (χ0v) is 7.51. The number of allylic oxidation sites excluding steroid dienone is 3. The first-order chi connectivity index (χ1) is 6.74. The summed E-state index contributed by atoms with van der Waals surface area (Å²) in [7, 11) is 1.44. The van der Waals surface area contributed by atoms with Gasteiger partial charge < -0.3 is 4.74 Å². The Bertz CT molecular complexity index is 404. The van der Waals surface area contributed by atoms with E-state index in [1.807, 2.05) is 0 Å². The van der Waals surface area contributed by atoms with E-state index in [1.165, 1.54) is 7.11 Å². The molecule has 5 nitrogen and oxygen atoms in total. The van der Waals surface area contributed by atoms with Gasteiger partial charge in [-0.15, -0.1) is 0 Å². The van der Waals surface area contributed by atoms with Gasteiger partial charge in [0.25, 0.3) is 5.70 Å². The topological polar surface area (TPSA) is 64.7 Å². The van der Waals surface area contributed by atoms with Gasteiger partial charge in [0.1, 0.15) is 0 Å². The summed E-state index contributed by atoms with van der Waals surface area (Å²) in [6, 6.07) is 0. The summed E-state index contributed by atoms with van der Waals surface area (Å²) >= 11 is 0. The fourth-order valence-electron chi connectivity index (χ4n) is 1.51. The van der Waals surface area contributed by atoms with E-state index in [2.05, 4.69) is 4.99 Å². The summed E-state index contributed by atoms with van der Waals surface area (Å²) in [4.78, 5) is 14.4. The number of nitro groups is 1. The largest absolute Gasteiger partial charge is 0.366 e. The molecule has 2 aliphatic rings. The highest BCUT2D eigenvalue weighted by atomic mass is 16.6. The molecule has 0 fully saturated rings. The molecule has 0 unspecified atom stereocenters. The van der Waals surface area contributed by atoms with E-state index in [-0.39, 0.29) is 5.70 Å². The lowest BCUT2D eigenvalue weighted by Gasteiger charge is -2.14. The molecule has 5 heteroatoms. The van der Waals surface area contributed by atoms with Gasteiger partial charge >= 0.3 is 0 Å². The van der Waals surface area contributed by atoms with E-state index < -0.39 is 11.0 Å². The van der Waals surface area contributed by atoms with E-state index in [4.69, 9.17) is 4.74 Å². The van der Waals surface area contributed by atoms with Crippen LogP contribution in [0.25, 0.3) is 0 Å². The SMILES string of the molecule is CO[C@H]1C=CC2=NC=CC2=C1[N+](=O)[O-]. The molecule has 1 heterocycles. The summed E-state index contributed by atoms with van der Waals surface area (Å²) in [5.74, 6) is 0. The molecule has 0 saturated carbocycles. The van der Waals surface area contributed by atoms with Crippen LogP contribution in [0, 0.1) is 10.1 Å². The molecule has 0 spiro atoms. The molecule has 2 rings (SSSR count). The normalized spacial score (nSPS) is 23.8. The summed E-state index contributed by atoms with van der Waals surface area (Å²) in [6.45, 7) is 0. The lowest BCUT2D eigenvalue weighted by molar-refractivity contribution is -0.435. The number of methoxy groups -OCH3 is 1. The van der Waals surface area contributed by atoms with Crippen molar-refractivity contribution in [2.24, 2.45) is 4.99 Å². The van der Waals surface area contributed by atoms with Crippen LogP contribution >= 0.6 is 0 Å². The first-order valence-electron chi connectivity index (χ1n) is 4.08. The van der Waals surface area contributed by atoms with Crippen molar-refractivity contribution in [3.63, 3.8) is 0 Å². The van der Waals surface area contributed by atoms with Crippen LogP contribution in [0.1, 0.15) is 0 Å². The zero-order chi connectivity index (χ0) is 10.1. The average molecular weight is 192 g/mol. The molecular weight excluding hydrogens is 184 g/mol. The Balaban J connectivity index is 2.51. The van der Waals surface area contributed by atoms with Crippen molar-refractivity contribution in [1.82, 2.24) is 0 Å². The van der Waals surface area contributed by atoms with Crippen LogP contribution in [-0.2, 0) is 4.74 Å². The third-order valence-corrected chi connectivity index (χ3v) is 2.16. The van der Waals surface area contributed by atoms with Crippen LogP contribution in [0.2, 0.25) is 0 Å². The number of nitrogens with zero attached hydrogens (tertiary/aromatic N) is 2. The highest BCUT2D eigenvalue weighted by molar-refractivity contribution is 6.13. The van der Waals surface area contributed by atoms with Gasteiger partial charge in [-0.05, 0) is 18.2 Å². The quantitative estimate of drug-likeness (QED) is 0.485. The number of hydrogen-bond acceptors (Lipinski definition) is 4. The third kappa shape index (κ3) is 1.18. The monoisotopic (exact) mass is 192 g/mol. The van der Waals surface area contributed by atoms with Crippen LogP contribution in [0.5, 0.6) is 0 Å². The number of ether oxygens (including phenoxy) is 1. The molecule has 1 aliphatic carbocycles. The van der Waals surface area contributed by atoms with E-state index in [1.54, 1.807) is 24.4 Å². The Morgan fingerprint density at radius 1 is 1.57 bits per heavy atom. The van der Waals surface area contributed by atoms with E-state index in [0.29, 0.717) is 11.3 Å². The van der Waals surface area contributed by atoms with Crippen LogP contribution in [0.3, 0.4) is 0 Å². The minimum absolute atomic E-state index is 0.0579. The maximum Gasteiger partial charge on any atom is 0.288 e. The van der Waals surface area contributed by atoms with Gasteiger partial charge in [0, 0.05) is 13.3 Å². The summed E-state index contributed by atoms with van der Waals surface area (Å²) in [6.07, 6.45) is 5.96. The van der Waals surface area contributed by atoms with E-state index in [0.717, 1.165) is 0 Å². The average Bonchev–Trinajstić information content (AvgIpc) is 2.62. The molecule has 0 aromatic carbocycles. The third-order valence-electron chi connectivity index (χ3n) is 2.16. The molecule has 0 radical (unpaired) electrons. The van der Waals surface area contributed by atoms with Crippen molar-refractivity contribution in [1.29, 1.82) is 0 Å². The van der Waals surface area contributed by atoms with Gasteiger partial charge in [0.2, 0.25) is 0 Å². The maximum absolute atomic E-state index is 10.8. The first-order valence-corrected chi connectivity index (χ1v) is 4.08.